The van der Waals surface area contributed by atoms with Gasteiger partial charge < -0.3 is 5.11 Å². The second-order valence-electron chi connectivity index (χ2n) is 3.04. The molecular weight excluding hydrogens is 196 g/mol. The molecule has 0 fully saturated rings. The standard InChI is InChI=1S/C11H14O2S/c1-3-14-7-10-6-9(8(2)12)4-5-11(10)13/h4-6,13H,3,7H2,1-2H3. The third-order valence-corrected chi connectivity index (χ3v) is 2.87. The first-order chi connectivity index (χ1) is 6.65. The summed E-state index contributed by atoms with van der Waals surface area (Å²) in [4.78, 5) is 11.1. The zero-order valence-corrected chi connectivity index (χ0v) is 9.23. The number of carbonyl (C=O) groups excluding carboxylic acids is 1. The summed E-state index contributed by atoms with van der Waals surface area (Å²) in [6.45, 7) is 3.60. The molecule has 0 unspecified atom stereocenters. The maximum atomic E-state index is 11.1. The molecule has 0 aromatic heterocycles. The normalized spacial score (nSPS) is 10.1. The topological polar surface area (TPSA) is 37.3 Å². The maximum Gasteiger partial charge on any atom is 0.159 e. The molecule has 1 N–H and O–H groups in total. The van der Waals surface area contributed by atoms with E-state index in [2.05, 4.69) is 6.92 Å². The van der Waals surface area contributed by atoms with Gasteiger partial charge in [-0.15, -0.1) is 0 Å². The molecular formula is C11H14O2S. The number of benzene rings is 1. The van der Waals surface area contributed by atoms with E-state index >= 15 is 0 Å². The number of thioether (sulfide) groups is 1. The van der Waals surface area contributed by atoms with Gasteiger partial charge in [0.25, 0.3) is 0 Å². The molecule has 0 amide bonds. The molecule has 0 saturated heterocycles. The molecule has 0 bridgehead atoms. The lowest BCUT2D eigenvalue weighted by Gasteiger charge is -2.05. The highest BCUT2D eigenvalue weighted by Gasteiger charge is 2.05. The van der Waals surface area contributed by atoms with E-state index in [1.807, 2.05) is 0 Å². The Morgan fingerprint density at radius 3 is 2.79 bits per heavy atom. The second kappa shape index (κ2) is 5.05. The van der Waals surface area contributed by atoms with Crippen LogP contribution in [0.4, 0.5) is 0 Å². The maximum absolute atomic E-state index is 11.1. The van der Waals surface area contributed by atoms with Crippen LogP contribution in [0.1, 0.15) is 29.8 Å². The van der Waals surface area contributed by atoms with E-state index in [1.165, 1.54) is 6.92 Å². The summed E-state index contributed by atoms with van der Waals surface area (Å²) < 4.78 is 0. The first kappa shape index (κ1) is 11.1. The van der Waals surface area contributed by atoms with Crippen molar-refractivity contribution in [3.05, 3.63) is 29.3 Å². The molecule has 1 aromatic rings. The van der Waals surface area contributed by atoms with Crippen molar-refractivity contribution in [1.29, 1.82) is 0 Å². The van der Waals surface area contributed by atoms with Gasteiger partial charge in [-0.05, 0) is 30.9 Å². The van der Waals surface area contributed by atoms with Gasteiger partial charge in [-0.1, -0.05) is 6.92 Å². The molecule has 0 atom stereocenters. The lowest BCUT2D eigenvalue weighted by Crippen LogP contribution is -1.93. The van der Waals surface area contributed by atoms with E-state index in [9.17, 15) is 9.90 Å². The van der Waals surface area contributed by atoms with Gasteiger partial charge in [-0.25, -0.2) is 0 Å². The molecule has 0 saturated carbocycles. The van der Waals surface area contributed by atoms with E-state index in [0.717, 1.165) is 17.1 Å². The van der Waals surface area contributed by atoms with Gasteiger partial charge in [0.1, 0.15) is 5.75 Å². The van der Waals surface area contributed by atoms with Gasteiger partial charge in [0.2, 0.25) is 0 Å². The number of hydrogen-bond donors (Lipinski definition) is 1. The highest BCUT2D eigenvalue weighted by molar-refractivity contribution is 7.98. The summed E-state index contributed by atoms with van der Waals surface area (Å²) in [6, 6.07) is 5.00. The van der Waals surface area contributed by atoms with Crippen LogP contribution >= 0.6 is 11.8 Å². The fourth-order valence-corrected chi connectivity index (χ4v) is 1.79. The van der Waals surface area contributed by atoms with E-state index in [0.29, 0.717) is 5.56 Å². The monoisotopic (exact) mass is 210 g/mol. The Morgan fingerprint density at radius 1 is 1.50 bits per heavy atom. The number of phenols is 1. The highest BCUT2D eigenvalue weighted by Crippen LogP contribution is 2.23. The van der Waals surface area contributed by atoms with E-state index < -0.39 is 0 Å². The Kier molecular flexibility index (Phi) is 4.01. The highest BCUT2D eigenvalue weighted by atomic mass is 32.2. The van der Waals surface area contributed by atoms with Crippen molar-refractivity contribution in [2.24, 2.45) is 0 Å². The van der Waals surface area contributed by atoms with Gasteiger partial charge in [0.15, 0.2) is 5.78 Å². The Labute approximate surface area is 88.3 Å². The van der Waals surface area contributed by atoms with Gasteiger partial charge in [0.05, 0.1) is 0 Å². The number of aromatic hydroxyl groups is 1. The Bertz CT molecular complexity index is 334. The summed E-state index contributed by atoms with van der Waals surface area (Å²) in [5.74, 6) is 2.07. The smallest absolute Gasteiger partial charge is 0.159 e. The third kappa shape index (κ3) is 2.77. The van der Waals surface area contributed by atoms with Crippen LogP contribution in [0, 0.1) is 0 Å². The zero-order valence-electron chi connectivity index (χ0n) is 8.41. The van der Waals surface area contributed by atoms with Crippen molar-refractivity contribution in [2.75, 3.05) is 5.75 Å². The summed E-state index contributed by atoms with van der Waals surface area (Å²) >= 11 is 1.72. The van der Waals surface area contributed by atoms with Crippen molar-refractivity contribution in [1.82, 2.24) is 0 Å². The third-order valence-electron chi connectivity index (χ3n) is 1.95. The molecule has 1 aromatic carbocycles. The van der Waals surface area contributed by atoms with Crippen molar-refractivity contribution in [3.8, 4) is 5.75 Å². The lowest BCUT2D eigenvalue weighted by atomic mass is 10.1. The predicted octanol–water partition coefficient (Wildman–Crippen LogP) is 2.85. The number of rotatable bonds is 4. The molecule has 14 heavy (non-hydrogen) atoms. The summed E-state index contributed by atoms with van der Waals surface area (Å²) in [5.41, 5.74) is 1.50. The number of ketones is 1. The van der Waals surface area contributed by atoms with E-state index in [1.54, 1.807) is 30.0 Å². The largest absolute Gasteiger partial charge is 0.508 e. The fraction of sp³-hybridized carbons (Fsp3) is 0.364. The molecule has 0 aliphatic rings. The molecule has 0 aliphatic carbocycles. The van der Waals surface area contributed by atoms with Gasteiger partial charge in [-0.3, -0.25) is 4.79 Å². The van der Waals surface area contributed by atoms with Crippen molar-refractivity contribution < 1.29 is 9.90 Å². The first-order valence-electron chi connectivity index (χ1n) is 4.55. The van der Waals surface area contributed by atoms with Crippen LogP contribution in [0.25, 0.3) is 0 Å². The molecule has 0 heterocycles. The van der Waals surface area contributed by atoms with Crippen LogP contribution in [-0.4, -0.2) is 16.6 Å². The van der Waals surface area contributed by atoms with Gasteiger partial charge in [0, 0.05) is 16.9 Å². The van der Waals surface area contributed by atoms with Crippen LogP contribution < -0.4 is 0 Å². The molecule has 0 radical (unpaired) electrons. The Balaban J connectivity index is 2.90. The molecule has 1 rings (SSSR count). The minimum absolute atomic E-state index is 0.0350. The molecule has 2 nitrogen and oxygen atoms in total. The number of phenolic OH excluding ortho intramolecular Hbond substituents is 1. The average Bonchev–Trinajstić information content (AvgIpc) is 2.16. The van der Waals surface area contributed by atoms with Crippen molar-refractivity contribution in [3.63, 3.8) is 0 Å². The number of carbonyl (C=O) groups is 1. The number of hydrogen-bond acceptors (Lipinski definition) is 3. The van der Waals surface area contributed by atoms with Gasteiger partial charge >= 0.3 is 0 Å². The second-order valence-corrected chi connectivity index (χ2v) is 4.31. The number of Topliss-reactive ketones (excluding diaryl/α,β-unsaturated/α-hetero) is 1. The summed E-state index contributed by atoms with van der Waals surface area (Å²) in [6.07, 6.45) is 0. The lowest BCUT2D eigenvalue weighted by molar-refractivity contribution is 0.101. The van der Waals surface area contributed by atoms with Crippen LogP contribution in [0.2, 0.25) is 0 Å². The molecule has 0 spiro atoms. The zero-order chi connectivity index (χ0) is 10.6. The fourth-order valence-electron chi connectivity index (χ4n) is 1.13. The van der Waals surface area contributed by atoms with Gasteiger partial charge in [-0.2, -0.15) is 11.8 Å². The first-order valence-corrected chi connectivity index (χ1v) is 5.71. The summed E-state index contributed by atoms with van der Waals surface area (Å²) in [7, 11) is 0. The Hall–Kier alpha value is -0.960. The minimum Gasteiger partial charge on any atom is -0.508 e. The van der Waals surface area contributed by atoms with Crippen LogP contribution in [0.5, 0.6) is 5.75 Å². The molecule has 3 heteroatoms. The Morgan fingerprint density at radius 2 is 2.21 bits per heavy atom. The van der Waals surface area contributed by atoms with E-state index in [4.69, 9.17) is 0 Å². The average molecular weight is 210 g/mol. The quantitative estimate of drug-likeness (QED) is 0.776. The van der Waals surface area contributed by atoms with Crippen molar-refractivity contribution >= 4 is 17.5 Å². The minimum atomic E-state index is 0.0350. The van der Waals surface area contributed by atoms with Crippen LogP contribution in [-0.2, 0) is 5.75 Å². The van der Waals surface area contributed by atoms with Crippen LogP contribution in [0.15, 0.2) is 18.2 Å². The molecule has 76 valence electrons. The van der Waals surface area contributed by atoms with Crippen LogP contribution in [0.3, 0.4) is 0 Å². The summed E-state index contributed by atoms with van der Waals surface area (Å²) in [5, 5.41) is 9.52. The van der Waals surface area contributed by atoms with E-state index in [-0.39, 0.29) is 11.5 Å². The van der Waals surface area contributed by atoms with Crippen molar-refractivity contribution in [2.45, 2.75) is 19.6 Å². The molecule has 0 aliphatic heterocycles. The SMILES string of the molecule is CCSCc1cc(C(C)=O)ccc1O. The predicted molar refractivity (Wildman–Crippen MR) is 59.9 cm³/mol.